The summed E-state index contributed by atoms with van der Waals surface area (Å²) in [6.45, 7) is 3.31. The summed E-state index contributed by atoms with van der Waals surface area (Å²) in [5.41, 5.74) is 14.9. The number of ether oxygens (including phenoxy) is 2. The van der Waals surface area contributed by atoms with Crippen molar-refractivity contribution in [2.45, 2.75) is 101 Å². The Morgan fingerprint density at radius 1 is 0.509 bits per heavy atom. The van der Waals surface area contributed by atoms with Crippen LogP contribution in [0.4, 0.5) is 11.4 Å². The second-order valence-corrected chi connectivity index (χ2v) is 13.7. The molecule has 0 aliphatic carbocycles. The van der Waals surface area contributed by atoms with Crippen molar-refractivity contribution in [3.63, 3.8) is 0 Å². The molecule has 0 bridgehead atoms. The molecule has 2 aliphatic heterocycles. The molecule has 13 nitrogen and oxygen atoms in total. The number of benzene rings is 4. The largest absolute Gasteiger partial charge is 0.398 e. The van der Waals surface area contributed by atoms with Crippen molar-refractivity contribution in [1.29, 1.82) is 0 Å². The Balaban J connectivity index is 0.000000203. The zero-order valence-electron chi connectivity index (χ0n) is 31.2. The lowest BCUT2D eigenvalue weighted by Crippen LogP contribution is -2.60. The lowest BCUT2D eigenvalue weighted by Gasteiger charge is -2.40. The van der Waals surface area contributed by atoms with Gasteiger partial charge < -0.3 is 66.5 Å². The molecular formula is C42H56N2O11. The lowest BCUT2D eigenvalue weighted by atomic mass is 9.97. The highest BCUT2D eigenvalue weighted by Crippen LogP contribution is 2.26. The summed E-state index contributed by atoms with van der Waals surface area (Å²) >= 11 is 0. The molecule has 0 saturated carbocycles. The van der Waals surface area contributed by atoms with Crippen LogP contribution in [0.3, 0.4) is 0 Å². The van der Waals surface area contributed by atoms with Gasteiger partial charge in [0.2, 0.25) is 0 Å². The fourth-order valence-corrected chi connectivity index (χ4v) is 6.19. The highest BCUT2D eigenvalue weighted by atomic mass is 16.6. The van der Waals surface area contributed by atoms with Crippen molar-refractivity contribution in [1.82, 2.24) is 0 Å². The molecule has 13 heteroatoms. The molecule has 4 aromatic rings. The van der Waals surface area contributed by atoms with Crippen molar-refractivity contribution >= 4 is 11.4 Å². The maximum Gasteiger partial charge on any atom is 0.184 e. The van der Waals surface area contributed by atoms with Crippen LogP contribution in [0.1, 0.15) is 47.2 Å². The number of rotatable bonds is 10. The van der Waals surface area contributed by atoms with E-state index in [0.717, 1.165) is 41.8 Å². The van der Waals surface area contributed by atoms with Crippen molar-refractivity contribution in [2.75, 3.05) is 24.3 Å². The summed E-state index contributed by atoms with van der Waals surface area (Å²) in [4.78, 5) is 0. The Hall–Kier alpha value is -3.96. The molecule has 2 heterocycles. The Morgan fingerprint density at radius 3 is 1.45 bits per heavy atom. The molecule has 12 N–H and O–H groups in total. The fourth-order valence-electron chi connectivity index (χ4n) is 6.19. The maximum atomic E-state index is 10.2. The number of hydrogen-bond donors (Lipinski definition) is 11. The summed E-state index contributed by atoms with van der Waals surface area (Å²) in [7, 11) is 0. The SMILES string of the molecule is CCc1ccc(Cc2ccccc2N)cc1.CCc1ccc(Cc2ccccc2N[C@@H]2O[C@H](CO)[C@@H](O)[C@H](O)[C@H]2O)cc1.OC[C@H]1OC(O)[C@H](O)[C@@H](O)[C@@H]1O. The molecule has 0 aromatic heterocycles. The highest BCUT2D eigenvalue weighted by molar-refractivity contribution is 5.53. The predicted octanol–water partition coefficient (Wildman–Crippen LogP) is 1.25. The van der Waals surface area contributed by atoms with Gasteiger partial charge in [-0.2, -0.15) is 0 Å². The van der Waals surface area contributed by atoms with E-state index in [2.05, 4.69) is 78.5 Å². The van der Waals surface area contributed by atoms with Crippen molar-refractivity contribution in [2.24, 2.45) is 0 Å². The first-order chi connectivity index (χ1) is 26.4. The van der Waals surface area contributed by atoms with Gasteiger partial charge in [0, 0.05) is 11.4 Å². The first-order valence-corrected chi connectivity index (χ1v) is 18.5. The minimum Gasteiger partial charge on any atom is -0.398 e. The van der Waals surface area contributed by atoms with Crippen LogP contribution in [-0.4, -0.2) is 121 Å². The van der Waals surface area contributed by atoms with Crippen LogP contribution in [0, 0.1) is 0 Å². The summed E-state index contributed by atoms with van der Waals surface area (Å²) in [5.74, 6) is 0. The van der Waals surface area contributed by atoms with Gasteiger partial charge in [-0.1, -0.05) is 98.8 Å². The molecule has 0 radical (unpaired) electrons. The van der Waals surface area contributed by atoms with E-state index in [1.54, 1.807) is 0 Å². The van der Waals surface area contributed by atoms with Crippen LogP contribution >= 0.6 is 0 Å². The number of nitrogens with one attached hydrogen (secondary N) is 1. The smallest absolute Gasteiger partial charge is 0.184 e. The summed E-state index contributed by atoms with van der Waals surface area (Å²) in [6, 6.07) is 32.9. The number of nitrogen functional groups attached to an aromatic ring is 1. The van der Waals surface area contributed by atoms with Gasteiger partial charge in [-0.05, 0) is 71.2 Å². The van der Waals surface area contributed by atoms with Gasteiger partial charge in [0.1, 0.15) is 48.8 Å². The van der Waals surface area contributed by atoms with E-state index in [-0.39, 0.29) is 0 Å². The van der Waals surface area contributed by atoms with Crippen LogP contribution in [0.2, 0.25) is 0 Å². The summed E-state index contributed by atoms with van der Waals surface area (Å²) < 4.78 is 10.1. The van der Waals surface area contributed by atoms with Gasteiger partial charge in [0.25, 0.3) is 0 Å². The van der Waals surface area contributed by atoms with Crippen molar-refractivity contribution < 1.29 is 55.4 Å². The van der Waals surface area contributed by atoms with Crippen LogP contribution in [0.15, 0.2) is 97.1 Å². The number of aryl methyl sites for hydroxylation is 2. The van der Waals surface area contributed by atoms with E-state index in [1.807, 2.05) is 42.5 Å². The molecule has 0 spiro atoms. The Bertz CT molecular complexity index is 1700. The van der Waals surface area contributed by atoms with Crippen LogP contribution in [0.5, 0.6) is 0 Å². The quantitative estimate of drug-likeness (QED) is 0.102. The zero-order valence-corrected chi connectivity index (χ0v) is 31.2. The number of nitrogens with two attached hydrogens (primary N) is 1. The number of para-hydroxylation sites is 2. The average molecular weight is 765 g/mol. The standard InChI is InChI=1S/C21H27NO5.C15H17N.C6H12O6/c1-2-13-7-9-14(10-8-13)11-15-5-3-4-6-16(15)22-21-20(26)19(25)18(24)17(12-23)27-21;1-2-12-7-9-13(10-8-12)11-14-5-3-4-6-15(14)16;7-1-2-3(8)4(9)5(10)6(11)12-2/h3-10,17-26H,2,11-12H2,1H3;3-10H,2,11,16H2,1H3;2-11H,1H2/t17-,18-,19+,20-,21-;;2-,3-,4+,5-,6?/m1.1/s1. The molecule has 0 amide bonds. The van der Waals surface area contributed by atoms with E-state index in [4.69, 9.17) is 36.0 Å². The molecule has 2 saturated heterocycles. The molecule has 10 atom stereocenters. The monoisotopic (exact) mass is 764 g/mol. The van der Waals surface area contributed by atoms with Gasteiger partial charge in [-0.15, -0.1) is 0 Å². The molecular weight excluding hydrogens is 708 g/mol. The van der Waals surface area contributed by atoms with Gasteiger partial charge in [0.15, 0.2) is 12.5 Å². The first-order valence-electron chi connectivity index (χ1n) is 18.5. The maximum absolute atomic E-state index is 10.2. The third-order valence-electron chi connectivity index (χ3n) is 9.78. The topological polar surface area (TPSA) is 239 Å². The number of aliphatic hydroxyl groups is 9. The third kappa shape index (κ3) is 12.0. The second kappa shape index (κ2) is 21.4. The van der Waals surface area contributed by atoms with Crippen LogP contribution < -0.4 is 11.1 Å². The Labute approximate surface area is 321 Å². The number of anilines is 2. The van der Waals surface area contributed by atoms with Gasteiger partial charge in [-0.3, -0.25) is 0 Å². The fraction of sp³-hybridized carbons (Fsp3) is 0.429. The van der Waals surface area contributed by atoms with E-state index in [0.29, 0.717) is 6.42 Å². The summed E-state index contributed by atoms with van der Waals surface area (Å²) in [5, 5.41) is 87.2. The molecule has 2 aliphatic rings. The molecule has 4 aromatic carbocycles. The van der Waals surface area contributed by atoms with E-state index >= 15 is 0 Å². The number of hydrogen-bond acceptors (Lipinski definition) is 13. The van der Waals surface area contributed by atoms with Crippen LogP contribution in [-0.2, 0) is 35.2 Å². The van der Waals surface area contributed by atoms with E-state index < -0.39 is 74.6 Å². The van der Waals surface area contributed by atoms with E-state index in [1.165, 1.54) is 22.3 Å². The predicted molar refractivity (Wildman–Crippen MR) is 208 cm³/mol. The number of aliphatic hydroxyl groups excluding tert-OH is 9. The molecule has 55 heavy (non-hydrogen) atoms. The van der Waals surface area contributed by atoms with Gasteiger partial charge in [-0.25, -0.2) is 0 Å². The van der Waals surface area contributed by atoms with Crippen molar-refractivity contribution in [3.8, 4) is 0 Å². The third-order valence-corrected chi connectivity index (χ3v) is 9.78. The minimum absolute atomic E-state index is 0.450. The van der Waals surface area contributed by atoms with Gasteiger partial charge in [0.05, 0.1) is 13.2 Å². The Kier molecular flexibility index (Phi) is 17.0. The normalized spacial score (nSPS) is 27.5. The molecule has 1 unspecified atom stereocenters. The Morgan fingerprint density at radius 2 is 0.945 bits per heavy atom. The highest BCUT2D eigenvalue weighted by Gasteiger charge is 2.44. The minimum atomic E-state index is -1.57. The average Bonchev–Trinajstić information content (AvgIpc) is 3.21. The molecule has 2 fully saturated rings. The van der Waals surface area contributed by atoms with E-state index in [9.17, 15) is 20.4 Å². The zero-order chi connectivity index (χ0) is 40.1. The molecule has 6 rings (SSSR count). The van der Waals surface area contributed by atoms with Crippen molar-refractivity contribution in [3.05, 3.63) is 130 Å². The first kappa shape index (κ1) is 43.8. The lowest BCUT2D eigenvalue weighted by molar-refractivity contribution is -0.286. The second-order valence-electron chi connectivity index (χ2n) is 13.7. The summed E-state index contributed by atoms with van der Waals surface area (Å²) in [6.07, 6.45) is -9.30. The van der Waals surface area contributed by atoms with Gasteiger partial charge >= 0.3 is 0 Å². The molecule has 300 valence electrons. The van der Waals surface area contributed by atoms with Crippen LogP contribution in [0.25, 0.3) is 0 Å².